The molecule has 1 atom stereocenters. The van der Waals surface area contributed by atoms with E-state index in [2.05, 4.69) is 37.9 Å². The topological polar surface area (TPSA) is 44.7 Å². The fourth-order valence-corrected chi connectivity index (χ4v) is 3.10. The fraction of sp³-hybridized carbons (Fsp3) is 1.00. The number of nitrogens with one attached hydrogen (secondary N) is 1. The van der Waals surface area contributed by atoms with Gasteiger partial charge in [0.1, 0.15) is 0 Å². The van der Waals surface area contributed by atoms with E-state index in [-0.39, 0.29) is 12.1 Å². The molecule has 0 aromatic rings. The third-order valence-corrected chi connectivity index (χ3v) is 3.96. The highest BCUT2D eigenvalue weighted by molar-refractivity contribution is 5.03. The minimum absolute atomic E-state index is 0.142. The summed E-state index contributed by atoms with van der Waals surface area (Å²) in [6, 6.07) is 0.395. The summed E-state index contributed by atoms with van der Waals surface area (Å²) in [6.07, 6.45) is 2.47. The molecule has 120 valence electrons. The van der Waals surface area contributed by atoms with Gasteiger partial charge < -0.3 is 15.2 Å². The van der Waals surface area contributed by atoms with E-state index < -0.39 is 0 Å². The lowest BCUT2D eigenvalue weighted by molar-refractivity contribution is 0.0634. The molecule has 0 heterocycles. The first-order valence-corrected chi connectivity index (χ1v) is 8.03. The van der Waals surface area contributed by atoms with Crippen molar-refractivity contribution in [2.24, 2.45) is 11.8 Å². The predicted molar refractivity (Wildman–Crippen MR) is 84.0 cm³/mol. The third-order valence-electron chi connectivity index (χ3n) is 3.96. The average molecular weight is 286 g/mol. The van der Waals surface area contributed by atoms with E-state index in [1.807, 2.05) is 0 Å². The summed E-state index contributed by atoms with van der Waals surface area (Å²) in [5.41, 5.74) is -0.142. The second-order valence-corrected chi connectivity index (χ2v) is 7.01. The van der Waals surface area contributed by atoms with Crippen molar-refractivity contribution < 1.29 is 9.84 Å². The van der Waals surface area contributed by atoms with Gasteiger partial charge in [0.25, 0.3) is 0 Å². The van der Waals surface area contributed by atoms with Crippen molar-refractivity contribution in [3.8, 4) is 0 Å². The lowest BCUT2D eigenvalue weighted by Crippen LogP contribution is -2.60. The smallest absolute Gasteiger partial charge is 0.0628 e. The number of aliphatic hydroxyl groups is 1. The lowest BCUT2D eigenvalue weighted by Gasteiger charge is -2.40. The molecule has 1 saturated carbocycles. The van der Waals surface area contributed by atoms with E-state index in [4.69, 9.17) is 4.74 Å². The zero-order valence-electron chi connectivity index (χ0n) is 14.0. The molecule has 4 nitrogen and oxygen atoms in total. The zero-order chi connectivity index (χ0) is 15.2. The van der Waals surface area contributed by atoms with Gasteiger partial charge >= 0.3 is 0 Å². The molecule has 0 aromatic carbocycles. The number of methoxy groups -OCH3 is 1. The highest BCUT2D eigenvalue weighted by Gasteiger charge is 2.45. The molecule has 0 bridgehead atoms. The first-order chi connectivity index (χ1) is 9.43. The molecule has 2 N–H and O–H groups in total. The standard InChI is InChI=1S/C16H34N2O2/c1-13(2)10-18(8-9-20-5)11-16(12-19,15-6-7-15)17-14(3)4/h13-15,17,19H,6-12H2,1-5H3. The van der Waals surface area contributed by atoms with Gasteiger partial charge in [0, 0.05) is 32.8 Å². The molecule has 1 aliphatic carbocycles. The summed E-state index contributed by atoms with van der Waals surface area (Å²) < 4.78 is 5.23. The van der Waals surface area contributed by atoms with Gasteiger partial charge in [0.15, 0.2) is 0 Å². The molecule has 0 aromatic heterocycles. The van der Waals surface area contributed by atoms with Crippen molar-refractivity contribution in [2.75, 3.05) is 40.0 Å². The van der Waals surface area contributed by atoms with Crippen LogP contribution < -0.4 is 5.32 Å². The fourth-order valence-electron chi connectivity index (χ4n) is 3.10. The van der Waals surface area contributed by atoms with Gasteiger partial charge in [-0.1, -0.05) is 27.7 Å². The van der Waals surface area contributed by atoms with E-state index in [9.17, 15) is 5.11 Å². The molecule has 0 radical (unpaired) electrons. The highest BCUT2D eigenvalue weighted by atomic mass is 16.5. The van der Waals surface area contributed by atoms with Gasteiger partial charge in [-0.25, -0.2) is 0 Å². The van der Waals surface area contributed by atoms with Crippen LogP contribution in [0.4, 0.5) is 0 Å². The van der Waals surface area contributed by atoms with Crippen molar-refractivity contribution in [1.29, 1.82) is 0 Å². The zero-order valence-corrected chi connectivity index (χ0v) is 14.0. The van der Waals surface area contributed by atoms with Gasteiger partial charge in [0.05, 0.1) is 18.8 Å². The Morgan fingerprint density at radius 3 is 2.35 bits per heavy atom. The lowest BCUT2D eigenvalue weighted by atomic mass is 9.91. The van der Waals surface area contributed by atoms with Crippen LogP contribution in [0.2, 0.25) is 0 Å². The largest absolute Gasteiger partial charge is 0.394 e. The third kappa shape index (κ3) is 5.68. The van der Waals surface area contributed by atoms with E-state index >= 15 is 0 Å². The molecule has 0 saturated heterocycles. The molecule has 0 amide bonds. The normalized spacial score (nSPS) is 19.1. The second-order valence-electron chi connectivity index (χ2n) is 7.01. The van der Waals surface area contributed by atoms with E-state index in [0.717, 1.165) is 26.2 Å². The molecule has 1 rings (SSSR count). The van der Waals surface area contributed by atoms with Crippen molar-refractivity contribution in [1.82, 2.24) is 10.2 Å². The number of rotatable bonds is 11. The molecule has 4 heteroatoms. The van der Waals surface area contributed by atoms with E-state index in [1.165, 1.54) is 12.8 Å². The van der Waals surface area contributed by atoms with Gasteiger partial charge in [-0.05, 0) is 24.7 Å². The van der Waals surface area contributed by atoms with Crippen LogP contribution >= 0.6 is 0 Å². The maximum absolute atomic E-state index is 10.0. The van der Waals surface area contributed by atoms with Gasteiger partial charge in [-0.2, -0.15) is 0 Å². The van der Waals surface area contributed by atoms with Crippen LogP contribution in [0, 0.1) is 11.8 Å². The van der Waals surface area contributed by atoms with E-state index in [0.29, 0.717) is 17.9 Å². The molecule has 0 spiro atoms. The first-order valence-electron chi connectivity index (χ1n) is 8.03. The van der Waals surface area contributed by atoms with Crippen molar-refractivity contribution in [3.63, 3.8) is 0 Å². The summed E-state index contributed by atoms with van der Waals surface area (Å²) >= 11 is 0. The Bertz CT molecular complexity index is 267. The summed E-state index contributed by atoms with van der Waals surface area (Å²) in [6.45, 7) is 12.7. The number of ether oxygens (including phenoxy) is 1. The van der Waals surface area contributed by atoms with Crippen LogP contribution in [0.25, 0.3) is 0 Å². The molecular formula is C16H34N2O2. The Hall–Kier alpha value is -0.160. The average Bonchev–Trinajstić information content (AvgIpc) is 3.18. The Morgan fingerprint density at radius 1 is 1.30 bits per heavy atom. The van der Waals surface area contributed by atoms with Crippen molar-refractivity contribution in [2.45, 2.75) is 52.1 Å². The van der Waals surface area contributed by atoms with E-state index in [1.54, 1.807) is 7.11 Å². The van der Waals surface area contributed by atoms with Crippen molar-refractivity contribution >= 4 is 0 Å². The summed E-state index contributed by atoms with van der Waals surface area (Å²) in [4.78, 5) is 2.44. The van der Waals surface area contributed by atoms with Crippen LogP contribution in [0.15, 0.2) is 0 Å². The number of aliphatic hydroxyl groups excluding tert-OH is 1. The van der Waals surface area contributed by atoms with Crippen LogP contribution in [0.3, 0.4) is 0 Å². The maximum atomic E-state index is 10.0. The maximum Gasteiger partial charge on any atom is 0.0628 e. The SMILES string of the molecule is COCCN(CC(C)C)CC(CO)(NC(C)C)C1CC1. The van der Waals surface area contributed by atoms with Crippen molar-refractivity contribution in [3.05, 3.63) is 0 Å². The van der Waals surface area contributed by atoms with Crippen LogP contribution in [0.1, 0.15) is 40.5 Å². The number of hydrogen-bond donors (Lipinski definition) is 2. The molecule has 1 aliphatic rings. The predicted octanol–water partition coefficient (Wildman–Crippen LogP) is 1.73. The Morgan fingerprint density at radius 2 is 1.95 bits per heavy atom. The molecular weight excluding hydrogens is 252 g/mol. The van der Waals surface area contributed by atoms with Gasteiger partial charge in [-0.3, -0.25) is 4.90 Å². The Labute approximate surface area is 124 Å². The Kier molecular flexibility index (Phi) is 7.45. The number of hydrogen-bond acceptors (Lipinski definition) is 4. The molecule has 1 fully saturated rings. The second kappa shape index (κ2) is 8.32. The highest BCUT2D eigenvalue weighted by Crippen LogP contribution is 2.40. The van der Waals surface area contributed by atoms with Gasteiger partial charge in [0.2, 0.25) is 0 Å². The molecule has 0 aliphatic heterocycles. The minimum atomic E-state index is -0.142. The molecule has 20 heavy (non-hydrogen) atoms. The first kappa shape index (κ1) is 17.9. The monoisotopic (exact) mass is 286 g/mol. The Balaban J connectivity index is 2.71. The molecule has 1 unspecified atom stereocenters. The summed E-state index contributed by atoms with van der Waals surface area (Å²) in [5, 5.41) is 13.7. The minimum Gasteiger partial charge on any atom is -0.394 e. The van der Waals surface area contributed by atoms with Crippen LogP contribution in [0.5, 0.6) is 0 Å². The number of nitrogens with zero attached hydrogens (tertiary/aromatic N) is 1. The quantitative estimate of drug-likeness (QED) is 0.607. The van der Waals surface area contributed by atoms with Crippen LogP contribution in [-0.2, 0) is 4.74 Å². The van der Waals surface area contributed by atoms with Crippen LogP contribution in [-0.4, -0.2) is 61.5 Å². The summed E-state index contributed by atoms with van der Waals surface area (Å²) in [7, 11) is 1.75. The summed E-state index contributed by atoms with van der Waals surface area (Å²) in [5.74, 6) is 1.24. The van der Waals surface area contributed by atoms with Gasteiger partial charge in [-0.15, -0.1) is 0 Å².